The molecule has 6 heteroatoms. The smallest absolute Gasteiger partial charge is 0.313 e. The maximum Gasteiger partial charge on any atom is 0.313 e. The zero-order valence-corrected chi connectivity index (χ0v) is 17.9. The summed E-state index contributed by atoms with van der Waals surface area (Å²) in [6.07, 6.45) is 0. The third-order valence-corrected chi connectivity index (χ3v) is 6.43. The van der Waals surface area contributed by atoms with Gasteiger partial charge in [-0.25, -0.2) is 0 Å². The van der Waals surface area contributed by atoms with Crippen molar-refractivity contribution in [3.05, 3.63) is 89.5 Å². The van der Waals surface area contributed by atoms with Crippen LogP contribution in [0, 0.1) is 0 Å². The van der Waals surface area contributed by atoms with Crippen LogP contribution in [0.4, 0.5) is 0 Å². The Kier molecular flexibility index (Phi) is 6.90. The average molecular weight is 425 g/mol. The van der Waals surface area contributed by atoms with Crippen molar-refractivity contribution < 1.29 is 24.1 Å². The zero-order chi connectivity index (χ0) is 21.6. The highest BCUT2D eigenvalue weighted by Gasteiger charge is 2.38. The summed E-state index contributed by atoms with van der Waals surface area (Å²) >= 11 is 1.35. The first-order valence-electron chi connectivity index (χ1n) is 9.33. The lowest BCUT2D eigenvalue weighted by Gasteiger charge is -2.35. The molecule has 3 aromatic rings. The lowest BCUT2D eigenvalue weighted by Crippen LogP contribution is -2.27. The van der Waals surface area contributed by atoms with Gasteiger partial charge in [-0.1, -0.05) is 36.4 Å². The summed E-state index contributed by atoms with van der Waals surface area (Å²) in [7, 11) is 4.86. The van der Waals surface area contributed by atoms with Gasteiger partial charge in [0.1, 0.15) is 17.2 Å². The molecule has 30 heavy (non-hydrogen) atoms. The van der Waals surface area contributed by atoms with Crippen LogP contribution in [0.25, 0.3) is 0 Å². The number of carboxylic acids is 1. The van der Waals surface area contributed by atoms with Crippen LogP contribution in [-0.2, 0) is 9.54 Å². The van der Waals surface area contributed by atoms with Crippen molar-refractivity contribution in [2.75, 3.05) is 27.1 Å². The van der Waals surface area contributed by atoms with Gasteiger partial charge in [-0.15, -0.1) is 11.8 Å². The molecule has 0 spiro atoms. The molecule has 0 aliphatic carbocycles. The van der Waals surface area contributed by atoms with Crippen LogP contribution in [0.5, 0.6) is 17.2 Å². The van der Waals surface area contributed by atoms with E-state index >= 15 is 0 Å². The van der Waals surface area contributed by atoms with Gasteiger partial charge in [0.15, 0.2) is 0 Å². The summed E-state index contributed by atoms with van der Waals surface area (Å²) in [4.78, 5) is 11.6. The fraction of sp³-hybridized carbons (Fsp3) is 0.208. The van der Waals surface area contributed by atoms with Crippen LogP contribution in [0.15, 0.2) is 72.8 Å². The molecule has 5 nitrogen and oxygen atoms in total. The maximum atomic E-state index is 11.6. The molecule has 0 aliphatic heterocycles. The number of carboxylic acid groups (broad SMARTS) is 1. The second kappa shape index (κ2) is 9.59. The molecule has 0 aromatic heterocycles. The lowest BCUT2D eigenvalue weighted by molar-refractivity contribution is -0.133. The maximum absolute atomic E-state index is 11.6. The number of benzene rings is 3. The molecule has 0 heterocycles. The highest BCUT2D eigenvalue weighted by molar-refractivity contribution is 8.01. The van der Waals surface area contributed by atoms with Crippen molar-refractivity contribution in [2.24, 2.45) is 0 Å². The number of carbonyl (C=O) groups is 1. The third kappa shape index (κ3) is 4.39. The Morgan fingerprint density at radius 1 is 0.700 bits per heavy atom. The minimum Gasteiger partial charge on any atom is -0.497 e. The van der Waals surface area contributed by atoms with E-state index < -0.39 is 10.7 Å². The van der Waals surface area contributed by atoms with E-state index in [-0.39, 0.29) is 5.75 Å². The first-order valence-corrected chi connectivity index (χ1v) is 10.3. The highest BCUT2D eigenvalue weighted by atomic mass is 32.2. The number of hydrogen-bond donors (Lipinski definition) is 1. The molecule has 3 rings (SSSR count). The van der Waals surface area contributed by atoms with Gasteiger partial charge in [0.25, 0.3) is 0 Å². The minimum absolute atomic E-state index is 0.0654. The standard InChI is InChI=1S/C24H24O5S/c1-27-20-10-4-17(5-11-20)24(30-16-23(25)26,18-6-12-21(28-2)13-7-18)19-8-14-22(29-3)15-9-19/h4-15H,16H2,1-3H3,(H,25,26). The van der Waals surface area contributed by atoms with E-state index in [1.54, 1.807) is 21.3 Å². The van der Waals surface area contributed by atoms with Crippen molar-refractivity contribution in [1.29, 1.82) is 0 Å². The Bertz CT molecular complexity index is 850. The molecule has 156 valence electrons. The van der Waals surface area contributed by atoms with E-state index in [0.29, 0.717) is 0 Å². The van der Waals surface area contributed by atoms with Crippen LogP contribution in [0.3, 0.4) is 0 Å². The molecule has 0 saturated carbocycles. The quantitative estimate of drug-likeness (QED) is 0.497. The topological polar surface area (TPSA) is 65.0 Å². The van der Waals surface area contributed by atoms with Crippen LogP contribution >= 0.6 is 11.8 Å². The molecular formula is C24H24O5S. The van der Waals surface area contributed by atoms with Gasteiger partial charge < -0.3 is 19.3 Å². The van der Waals surface area contributed by atoms with Gasteiger partial charge in [-0.3, -0.25) is 4.79 Å². The molecule has 0 atom stereocenters. The molecule has 0 bridgehead atoms. The molecule has 0 amide bonds. The Morgan fingerprint density at radius 2 is 1.00 bits per heavy atom. The van der Waals surface area contributed by atoms with Gasteiger partial charge in [0.05, 0.1) is 31.8 Å². The Hall–Kier alpha value is -3.12. The summed E-state index contributed by atoms with van der Waals surface area (Å²) in [6, 6.07) is 23.2. The summed E-state index contributed by atoms with van der Waals surface area (Å²) in [6.45, 7) is 0. The number of thioether (sulfide) groups is 1. The van der Waals surface area contributed by atoms with Crippen LogP contribution in [-0.4, -0.2) is 38.2 Å². The van der Waals surface area contributed by atoms with E-state index in [9.17, 15) is 9.90 Å². The van der Waals surface area contributed by atoms with Crippen molar-refractivity contribution in [2.45, 2.75) is 4.75 Å². The van der Waals surface area contributed by atoms with Gasteiger partial charge in [0.2, 0.25) is 0 Å². The van der Waals surface area contributed by atoms with Crippen molar-refractivity contribution >= 4 is 17.7 Å². The summed E-state index contributed by atoms with van der Waals surface area (Å²) < 4.78 is 15.2. The SMILES string of the molecule is COc1ccc(C(SCC(=O)O)(c2ccc(OC)cc2)c2ccc(OC)cc2)cc1. The summed E-state index contributed by atoms with van der Waals surface area (Å²) in [5.41, 5.74) is 2.85. The fourth-order valence-corrected chi connectivity index (χ4v) is 4.65. The molecule has 3 aromatic carbocycles. The number of rotatable bonds is 9. The normalized spacial score (nSPS) is 11.0. The van der Waals surface area contributed by atoms with Crippen LogP contribution in [0.1, 0.15) is 16.7 Å². The van der Waals surface area contributed by atoms with E-state index in [4.69, 9.17) is 14.2 Å². The van der Waals surface area contributed by atoms with Crippen molar-refractivity contribution in [3.63, 3.8) is 0 Å². The highest BCUT2D eigenvalue weighted by Crippen LogP contribution is 2.49. The second-order valence-corrected chi connectivity index (χ2v) is 7.74. The van der Waals surface area contributed by atoms with Crippen molar-refractivity contribution in [3.8, 4) is 17.2 Å². The van der Waals surface area contributed by atoms with E-state index in [0.717, 1.165) is 33.9 Å². The molecule has 0 aliphatic rings. The number of ether oxygens (including phenoxy) is 3. The molecule has 0 unspecified atom stereocenters. The number of aliphatic carboxylic acids is 1. The predicted molar refractivity (Wildman–Crippen MR) is 119 cm³/mol. The number of methoxy groups -OCH3 is 3. The molecule has 0 radical (unpaired) electrons. The van der Waals surface area contributed by atoms with Gasteiger partial charge in [0, 0.05) is 0 Å². The Balaban J connectivity index is 2.25. The summed E-state index contributed by atoms with van der Waals surface area (Å²) in [5.74, 6) is 1.27. The van der Waals surface area contributed by atoms with Crippen molar-refractivity contribution in [1.82, 2.24) is 0 Å². The average Bonchev–Trinajstić information content (AvgIpc) is 2.80. The van der Waals surface area contributed by atoms with E-state index in [1.807, 2.05) is 72.8 Å². The molecule has 0 saturated heterocycles. The largest absolute Gasteiger partial charge is 0.497 e. The monoisotopic (exact) mass is 424 g/mol. The number of hydrogen-bond acceptors (Lipinski definition) is 5. The molecule has 0 fully saturated rings. The van der Waals surface area contributed by atoms with E-state index in [1.165, 1.54) is 11.8 Å². The first kappa shape index (κ1) is 21.6. The first-order chi connectivity index (χ1) is 14.5. The third-order valence-electron chi connectivity index (χ3n) is 4.90. The van der Waals surface area contributed by atoms with Crippen LogP contribution < -0.4 is 14.2 Å². The minimum atomic E-state index is -0.875. The fourth-order valence-electron chi connectivity index (χ4n) is 3.40. The summed E-state index contributed by atoms with van der Waals surface area (Å²) in [5, 5.41) is 9.48. The predicted octanol–water partition coefficient (Wildman–Crippen LogP) is 4.82. The molecule has 1 N–H and O–H groups in total. The van der Waals surface area contributed by atoms with Gasteiger partial charge >= 0.3 is 5.97 Å². The van der Waals surface area contributed by atoms with E-state index in [2.05, 4.69) is 0 Å². The van der Waals surface area contributed by atoms with Gasteiger partial charge in [-0.2, -0.15) is 0 Å². The second-order valence-electron chi connectivity index (χ2n) is 6.55. The molecular weight excluding hydrogens is 400 g/mol. The van der Waals surface area contributed by atoms with Crippen LogP contribution in [0.2, 0.25) is 0 Å². The zero-order valence-electron chi connectivity index (χ0n) is 17.1. The van der Waals surface area contributed by atoms with Gasteiger partial charge in [-0.05, 0) is 53.1 Å². The Labute approximate surface area is 180 Å². The lowest BCUT2D eigenvalue weighted by atomic mass is 9.84. The Morgan fingerprint density at radius 3 is 1.23 bits per heavy atom.